The van der Waals surface area contributed by atoms with Gasteiger partial charge in [-0.15, -0.1) is 11.3 Å². The third-order valence-electron chi connectivity index (χ3n) is 2.87. The van der Waals surface area contributed by atoms with Gasteiger partial charge in [-0.3, -0.25) is 0 Å². The number of hydrogen-bond acceptors (Lipinski definition) is 4. The molecule has 0 unspecified atom stereocenters. The molecule has 0 aliphatic heterocycles. The van der Waals surface area contributed by atoms with Gasteiger partial charge in [0.25, 0.3) is 0 Å². The van der Waals surface area contributed by atoms with E-state index in [9.17, 15) is 0 Å². The van der Waals surface area contributed by atoms with E-state index in [1.54, 1.807) is 11.3 Å². The quantitative estimate of drug-likeness (QED) is 0.447. The molecule has 0 atom stereocenters. The fraction of sp³-hybridized carbons (Fsp3) is 0.0714. The van der Waals surface area contributed by atoms with E-state index in [-0.39, 0.29) is 0 Å². The number of hydrogen-bond donors (Lipinski definition) is 2. The number of nitrogens with one attached hydrogen (secondary N) is 1. The largest absolute Gasteiger partial charge is 0.397 e. The van der Waals surface area contributed by atoms with Crippen molar-refractivity contribution < 1.29 is 0 Å². The van der Waals surface area contributed by atoms with Crippen molar-refractivity contribution in [1.82, 2.24) is 4.98 Å². The molecule has 0 radical (unpaired) electrons. The van der Waals surface area contributed by atoms with E-state index in [4.69, 9.17) is 17.3 Å². The molecule has 1 aromatic heterocycles. The van der Waals surface area contributed by atoms with Crippen LogP contribution in [0.5, 0.6) is 0 Å². The van der Waals surface area contributed by atoms with Crippen molar-refractivity contribution in [2.75, 3.05) is 11.1 Å². The second-order valence-corrected chi connectivity index (χ2v) is 7.28. The number of nitrogens with zero attached hydrogens (tertiary/aromatic N) is 1. The Hall–Kier alpha value is -1.05. The predicted molar refractivity (Wildman–Crippen MR) is 96.2 cm³/mol. The fourth-order valence-corrected chi connectivity index (χ4v) is 3.71. The van der Waals surface area contributed by atoms with Gasteiger partial charge < -0.3 is 11.1 Å². The molecule has 3 rings (SSSR count). The maximum absolute atomic E-state index is 6.23. The Balaban J connectivity index is 2.03. The van der Waals surface area contributed by atoms with E-state index < -0.39 is 0 Å². The van der Waals surface area contributed by atoms with Crippen molar-refractivity contribution in [2.45, 2.75) is 6.92 Å². The summed E-state index contributed by atoms with van der Waals surface area (Å²) in [6.07, 6.45) is 0. The molecular weight excluding hydrogens is 405 g/mol. The van der Waals surface area contributed by atoms with Crippen molar-refractivity contribution in [3.8, 4) is 0 Å². The molecule has 0 spiro atoms. The first kappa shape index (κ1) is 13.9. The molecule has 0 aliphatic carbocycles. The maximum Gasteiger partial charge on any atom is 0.0907 e. The van der Waals surface area contributed by atoms with Crippen LogP contribution in [0.1, 0.15) is 5.01 Å². The van der Waals surface area contributed by atoms with Gasteiger partial charge >= 0.3 is 0 Å². The van der Waals surface area contributed by atoms with E-state index in [1.165, 1.54) is 0 Å². The molecule has 0 aliphatic rings. The third kappa shape index (κ3) is 2.70. The van der Waals surface area contributed by atoms with E-state index >= 15 is 0 Å². The Morgan fingerprint density at radius 2 is 2.05 bits per heavy atom. The van der Waals surface area contributed by atoms with Crippen LogP contribution in [0.3, 0.4) is 0 Å². The van der Waals surface area contributed by atoms with E-state index in [2.05, 4.69) is 32.9 Å². The smallest absolute Gasteiger partial charge is 0.0907 e. The van der Waals surface area contributed by atoms with Crippen LogP contribution in [0.4, 0.5) is 17.1 Å². The molecule has 6 heteroatoms. The summed E-state index contributed by atoms with van der Waals surface area (Å²) in [5.41, 5.74) is 9.40. The first-order valence-corrected chi connectivity index (χ1v) is 8.19. The van der Waals surface area contributed by atoms with Gasteiger partial charge in [-0.2, -0.15) is 0 Å². The minimum atomic E-state index is 0.672. The summed E-state index contributed by atoms with van der Waals surface area (Å²) in [6.45, 7) is 1.99. The van der Waals surface area contributed by atoms with Crippen molar-refractivity contribution in [3.63, 3.8) is 0 Å². The zero-order valence-corrected chi connectivity index (χ0v) is 14.3. The SMILES string of the molecule is Cc1nc2cc(Nc3ccc(I)cc3Cl)c(N)cc2s1. The summed E-state index contributed by atoms with van der Waals surface area (Å²) < 4.78 is 2.19. The monoisotopic (exact) mass is 415 g/mol. The number of rotatable bonds is 2. The van der Waals surface area contributed by atoms with Gasteiger partial charge in [0, 0.05) is 3.57 Å². The third-order valence-corrected chi connectivity index (χ3v) is 4.78. The van der Waals surface area contributed by atoms with Crippen LogP contribution in [0.15, 0.2) is 30.3 Å². The van der Waals surface area contributed by atoms with E-state index in [0.717, 1.165) is 30.2 Å². The number of aromatic nitrogens is 1. The summed E-state index contributed by atoms with van der Waals surface area (Å²) in [5, 5.41) is 4.98. The fourth-order valence-electron chi connectivity index (χ4n) is 1.95. The number of thiazole rings is 1. The van der Waals surface area contributed by atoms with Crippen LogP contribution in [-0.4, -0.2) is 4.98 Å². The lowest BCUT2D eigenvalue weighted by Gasteiger charge is -2.11. The lowest BCUT2D eigenvalue weighted by Crippen LogP contribution is -1.97. The number of anilines is 3. The van der Waals surface area contributed by atoms with Crippen molar-refractivity contribution >= 4 is 72.8 Å². The average molecular weight is 416 g/mol. The van der Waals surface area contributed by atoms with Crippen LogP contribution in [0.25, 0.3) is 10.2 Å². The first-order valence-electron chi connectivity index (χ1n) is 5.91. The molecule has 2 aromatic carbocycles. The Bertz CT molecular complexity index is 800. The zero-order valence-electron chi connectivity index (χ0n) is 10.6. The highest BCUT2D eigenvalue weighted by molar-refractivity contribution is 14.1. The molecule has 0 bridgehead atoms. The summed E-state index contributed by atoms with van der Waals surface area (Å²) in [6, 6.07) is 9.76. The van der Waals surface area contributed by atoms with Crippen molar-refractivity contribution in [2.24, 2.45) is 0 Å². The Morgan fingerprint density at radius 1 is 1.25 bits per heavy atom. The zero-order chi connectivity index (χ0) is 14.3. The predicted octanol–water partition coefficient (Wildman–Crippen LogP) is 5.19. The van der Waals surface area contributed by atoms with Gasteiger partial charge in [0.1, 0.15) is 0 Å². The molecular formula is C14H11ClIN3S. The van der Waals surface area contributed by atoms with E-state index in [1.807, 2.05) is 37.3 Å². The number of nitrogens with two attached hydrogens (primary N) is 1. The Morgan fingerprint density at radius 3 is 2.80 bits per heavy atom. The van der Waals surface area contributed by atoms with Crippen molar-refractivity contribution in [3.05, 3.63) is 43.9 Å². The van der Waals surface area contributed by atoms with Gasteiger partial charge in [0.2, 0.25) is 0 Å². The standard InChI is InChI=1S/C14H11ClIN3S/c1-7-18-13-6-12(10(17)5-14(13)20-7)19-11-3-2-8(16)4-9(11)15/h2-6,19H,17H2,1H3. The van der Waals surface area contributed by atoms with Crippen molar-refractivity contribution in [1.29, 1.82) is 0 Å². The average Bonchev–Trinajstić information content (AvgIpc) is 2.72. The molecule has 3 aromatic rings. The minimum absolute atomic E-state index is 0.672. The summed E-state index contributed by atoms with van der Waals surface area (Å²) in [4.78, 5) is 4.48. The topological polar surface area (TPSA) is 50.9 Å². The minimum Gasteiger partial charge on any atom is -0.397 e. The highest BCUT2D eigenvalue weighted by atomic mass is 127. The summed E-state index contributed by atoms with van der Waals surface area (Å²) >= 11 is 10.1. The molecule has 20 heavy (non-hydrogen) atoms. The van der Waals surface area contributed by atoms with Crippen LogP contribution < -0.4 is 11.1 Å². The molecule has 0 amide bonds. The summed E-state index contributed by atoms with van der Waals surface area (Å²) in [5.74, 6) is 0. The van der Waals surface area contributed by atoms with Gasteiger partial charge in [0.15, 0.2) is 0 Å². The number of benzene rings is 2. The van der Waals surface area contributed by atoms with Crippen LogP contribution >= 0.6 is 45.5 Å². The normalized spacial score (nSPS) is 10.9. The first-order chi connectivity index (χ1) is 9.52. The Labute approximate surface area is 139 Å². The second kappa shape index (κ2) is 5.38. The Kier molecular flexibility index (Phi) is 3.74. The number of halogens is 2. The molecule has 0 fully saturated rings. The molecule has 3 N–H and O–H groups in total. The summed E-state index contributed by atoms with van der Waals surface area (Å²) in [7, 11) is 0. The van der Waals surface area contributed by atoms with Gasteiger partial charge in [0.05, 0.1) is 37.3 Å². The number of fused-ring (bicyclic) bond motifs is 1. The molecule has 102 valence electrons. The van der Waals surface area contributed by atoms with Crippen LogP contribution in [0, 0.1) is 10.5 Å². The molecule has 3 nitrogen and oxygen atoms in total. The van der Waals surface area contributed by atoms with Gasteiger partial charge in [-0.25, -0.2) is 4.98 Å². The molecule has 0 saturated carbocycles. The number of aryl methyl sites for hydroxylation is 1. The highest BCUT2D eigenvalue weighted by Crippen LogP contribution is 2.33. The lowest BCUT2D eigenvalue weighted by atomic mass is 10.2. The van der Waals surface area contributed by atoms with Gasteiger partial charge in [-0.05, 0) is 59.8 Å². The second-order valence-electron chi connectivity index (χ2n) is 4.39. The van der Waals surface area contributed by atoms with Crippen LogP contribution in [-0.2, 0) is 0 Å². The lowest BCUT2D eigenvalue weighted by molar-refractivity contribution is 1.35. The van der Waals surface area contributed by atoms with Crippen LogP contribution in [0.2, 0.25) is 5.02 Å². The molecule has 0 saturated heterocycles. The maximum atomic E-state index is 6.23. The van der Waals surface area contributed by atoms with E-state index in [0.29, 0.717) is 10.7 Å². The molecule has 1 heterocycles. The highest BCUT2D eigenvalue weighted by Gasteiger charge is 2.08. The number of nitrogen functional groups attached to an aromatic ring is 1. The van der Waals surface area contributed by atoms with Gasteiger partial charge in [-0.1, -0.05) is 11.6 Å².